The molecule has 1 aromatic rings. The molecule has 1 aromatic carbocycles. The summed E-state index contributed by atoms with van der Waals surface area (Å²) in [5.41, 5.74) is 0.900. The van der Waals surface area contributed by atoms with Crippen molar-refractivity contribution >= 4 is 11.5 Å². The second-order valence-corrected chi connectivity index (χ2v) is 5.33. The minimum absolute atomic E-state index is 0.170. The molecule has 0 amide bonds. The first kappa shape index (κ1) is 17.0. The van der Waals surface area contributed by atoms with Crippen LogP contribution in [-0.4, -0.2) is 29.9 Å². The maximum Gasteiger partial charge on any atom is 0.333 e. The van der Waals surface area contributed by atoms with Crippen molar-refractivity contribution in [1.29, 1.82) is 0 Å². The smallest absolute Gasteiger partial charge is 0.333 e. The maximum absolute atomic E-state index is 11.2. The van der Waals surface area contributed by atoms with E-state index in [9.17, 15) is 9.90 Å². The molecule has 0 heterocycles. The van der Waals surface area contributed by atoms with Crippen LogP contribution in [0.1, 0.15) is 26.3 Å². The van der Waals surface area contributed by atoms with Crippen LogP contribution >= 0.6 is 0 Å². The summed E-state index contributed by atoms with van der Waals surface area (Å²) < 4.78 is 10.4. The summed E-state index contributed by atoms with van der Waals surface area (Å²) in [7, 11) is 0. The Balaban J connectivity index is 2.47. The van der Waals surface area contributed by atoms with E-state index in [-0.39, 0.29) is 13.2 Å². The molecule has 0 radical (unpaired) electrons. The molecular formula is C17H22O4. The first-order valence-electron chi connectivity index (χ1n) is 6.69. The summed E-state index contributed by atoms with van der Waals surface area (Å²) in [6.45, 7) is 12.8. The molecule has 0 fully saturated rings. The molecule has 21 heavy (non-hydrogen) atoms. The predicted octanol–water partition coefficient (Wildman–Crippen LogP) is 2.97. The summed E-state index contributed by atoms with van der Waals surface area (Å²) >= 11 is 0. The van der Waals surface area contributed by atoms with Gasteiger partial charge in [0.15, 0.2) is 0 Å². The number of aliphatic hydroxyl groups is 1. The van der Waals surface area contributed by atoms with Gasteiger partial charge in [-0.15, -0.1) is 0 Å². The van der Waals surface area contributed by atoms with E-state index >= 15 is 0 Å². The van der Waals surface area contributed by atoms with Gasteiger partial charge >= 0.3 is 5.97 Å². The van der Waals surface area contributed by atoms with Crippen molar-refractivity contribution in [2.24, 2.45) is 0 Å². The van der Waals surface area contributed by atoms with Gasteiger partial charge in [0, 0.05) is 5.57 Å². The fourth-order valence-electron chi connectivity index (χ4n) is 1.52. The van der Waals surface area contributed by atoms with E-state index in [0.29, 0.717) is 16.9 Å². The Kier molecular flexibility index (Phi) is 5.73. The predicted molar refractivity (Wildman–Crippen MR) is 83.0 cm³/mol. The van der Waals surface area contributed by atoms with Crippen LogP contribution in [0.25, 0.3) is 5.57 Å². The summed E-state index contributed by atoms with van der Waals surface area (Å²) in [6, 6.07) is 7.23. The highest BCUT2D eigenvalue weighted by Gasteiger charge is 2.18. The van der Waals surface area contributed by atoms with Gasteiger partial charge in [-0.2, -0.15) is 0 Å². The molecule has 1 N–H and O–H groups in total. The molecule has 0 aliphatic carbocycles. The third-order valence-electron chi connectivity index (χ3n) is 2.87. The molecule has 0 aliphatic rings. The highest BCUT2D eigenvalue weighted by atomic mass is 16.6. The van der Waals surface area contributed by atoms with Crippen LogP contribution < -0.4 is 4.74 Å². The molecule has 0 atom stereocenters. The third kappa shape index (κ3) is 5.44. The lowest BCUT2D eigenvalue weighted by molar-refractivity contribution is -0.139. The zero-order chi connectivity index (χ0) is 16.0. The van der Waals surface area contributed by atoms with Crippen LogP contribution in [0, 0.1) is 0 Å². The number of hydrogen-bond acceptors (Lipinski definition) is 4. The second-order valence-electron chi connectivity index (χ2n) is 5.33. The lowest BCUT2D eigenvalue weighted by Crippen LogP contribution is -2.19. The van der Waals surface area contributed by atoms with Crippen molar-refractivity contribution in [2.45, 2.75) is 26.4 Å². The van der Waals surface area contributed by atoms with Gasteiger partial charge in [0.1, 0.15) is 19.0 Å². The van der Waals surface area contributed by atoms with Crippen LogP contribution in [-0.2, 0) is 9.53 Å². The van der Waals surface area contributed by atoms with Gasteiger partial charge in [-0.3, -0.25) is 0 Å². The molecule has 0 saturated heterocycles. The van der Waals surface area contributed by atoms with Gasteiger partial charge in [0.25, 0.3) is 0 Å². The maximum atomic E-state index is 11.2. The van der Waals surface area contributed by atoms with E-state index in [1.165, 1.54) is 0 Å². The van der Waals surface area contributed by atoms with E-state index < -0.39 is 11.6 Å². The van der Waals surface area contributed by atoms with Gasteiger partial charge in [0.05, 0.1) is 5.60 Å². The van der Waals surface area contributed by atoms with Crippen molar-refractivity contribution in [3.8, 4) is 5.75 Å². The Hall–Kier alpha value is -2.07. The number of hydrogen-bond donors (Lipinski definition) is 1. The fourth-order valence-corrected chi connectivity index (χ4v) is 1.52. The number of benzene rings is 1. The van der Waals surface area contributed by atoms with Crippen LogP contribution in [0.4, 0.5) is 0 Å². The minimum atomic E-state index is -0.959. The molecule has 0 saturated carbocycles. The molecule has 0 spiro atoms. The molecule has 0 aliphatic heterocycles. The van der Waals surface area contributed by atoms with E-state index in [0.717, 1.165) is 5.56 Å². The number of carbonyl (C=O) groups is 1. The monoisotopic (exact) mass is 290 g/mol. The van der Waals surface area contributed by atoms with Crippen LogP contribution in [0.3, 0.4) is 0 Å². The number of rotatable bonds is 7. The van der Waals surface area contributed by atoms with Crippen molar-refractivity contribution in [3.63, 3.8) is 0 Å². The third-order valence-corrected chi connectivity index (χ3v) is 2.87. The zero-order valence-electron chi connectivity index (χ0n) is 12.8. The van der Waals surface area contributed by atoms with Gasteiger partial charge in [-0.05, 0) is 44.0 Å². The highest BCUT2D eigenvalue weighted by molar-refractivity contribution is 5.86. The largest absolute Gasteiger partial charge is 0.490 e. The van der Waals surface area contributed by atoms with Crippen molar-refractivity contribution in [2.75, 3.05) is 13.2 Å². The molecular weight excluding hydrogens is 268 g/mol. The standard InChI is InChI=1S/C17H22O4/c1-12(2)16(18)21-11-10-20-15-8-6-14(7-9-15)13(3)17(4,5)19/h6-9,19H,1,3,10-11H2,2,4-5H3. The molecule has 1 rings (SSSR count). The minimum Gasteiger partial charge on any atom is -0.490 e. The first-order chi connectivity index (χ1) is 9.71. The van der Waals surface area contributed by atoms with Gasteiger partial charge in [0.2, 0.25) is 0 Å². The highest BCUT2D eigenvalue weighted by Crippen LogP contribution is 2.26. The number of carbonyl (C=O) groups excluding carboxylic acids is 1. The topological polar surface area (TPSA) is 55.8 Å². The van der Waals surface area contributed by atoms with Crippen molar-refractivity contribution in [1.82, 2.24) is 0 Å². The van der Waals surface area contributed by atoms with Crippen molar-refractivity contribution < 1.29 is 19.4 Å². The lowest BCUT2D eigenvalue weighted by atomic mass is 9.93. The Bertz CT molecular complexity index is 521. The van der Waals surface area contributed by atoms with Gasteiger partial charge in [-0.25, -0.2) is 4.79 Å². The van der Waals surface area contributed by atoms with Gasteiger partial charge in [-0.1, -0.05) is 25.3 Å². The zero-order valence-corrected chi connectivity index (χ0v) is 12.8. The SMILES string of the molecule is C=C(C)C(=O)OCCOc1ccc(C(=C)C(C)(C)O)cc1. The second kappa shape index (κ2) is 7.09. The summed E-state index contributed by atoms with van der Waals surface area (Å²) in [4.78, 5) is 11.2. The Morgan fingerprint density at radius 3 is 2.24 bits per heavy atom. The summed E-state index contributed by atoms with van der Waals surface area (Å²) in [5.74, 6) is 0.240. The molecule has 0 unspecified atom stereocenters. The molecule has 0 aromatic heterocycles. The van der Waals surface area contributed by atoms with Crippen molar-refractivity contribution in [3.05, 3.63) is 48.6 Å². The lowest BCUT2D eigenvalue weighted by Gasteiger charge is -2.20. The van der Waals surface area contributed by atoms with Crippen LogP contribution in [0.5, 0.6) is 5.75 Å². The molecule has 0 bridgehead atoms. The normalized spacial score (nSPS) is 10.9. The average Bonchev–Trinajstić information content (AvgIpc) is 2.42. The summed E-state index contributed by atoms with van der Waals surface area (Å²) in [5, 5.41) is 9.89. The van der Waals surface area contributed by atoms with E-state index in [4.69, 9.17) is 9.47 Å². The van der Waals surface area contributed by atoms with Crippen LogP contribution in [0.2, 0.25) is 0 Å². The molecule has 4 nitrogen and oxygen atoms in total. The quantitative estimate of drug-likeness (QED) is 0.476. The molecule has 114 valence electrons. The van der Waals surface area contributed by atoms with Gasteiger partial charge < -0.3 is 14.6 Å². The molecule has 4 heteroatoms. The Labute approximate surface area is 125 Å². The number of esters is 1. The fraction of sp³-hybridized carbons (Fsp3) is 0.353. The van der Waals surface area contributed by atoms with E-state index in [1.807, 2.05) is 12.1 Å². The van der Waals surface area contributed by atoms with E-state index in [2.05, 4.69) is 13.2 Å². The first-order valence-corrected chi connectivity index (χ1v) is 6.69. The Morgan fingerprint density at radius 1 is 1.19 bits per heavy atom. The van der Waals surface area contributed by atoms with E-state index in [1.54, 1.807) is 32.9 Å². The average molecular weight is 290 g/mol. The summed E-state index contributed by atoms with van der Waals surface area (Å²) in [6.07, 6.45) is 0. The van der Waals surface area contributed by atoms with Crippen LogP contribution in [0.15, 0.2) is 43.0 Å². The Morgan fingerprint density at radius 2 is 1.76 bits per heavy atom. The number of ether oxygens (including phenoxy) is 2.